The number of aromatic carboxylic acids is 1. The van der Waals surface area contributed by atoms with Crippen LogP contribution in [0.1, 0.15) is 37.2 Å². The van der Waals surface area contributed by atoms with E-state index in [1.807, 2.05) is 6.07 Å². The van der Waals surface area contributed by atoms with Crippen LogP contribution >= 0.6 is 0 Å². The van der Waals surface area contributed by atoms with E-state index in [1.54, 1.807) is 12.3 Å². The summed E-state index contributed by atoms with van der Waals surface area (Å²) in [7, 11) is 0. The third-order valence-corrected chi connectivity index (χ3v) is 2.50. The van der Waals surface area contributed by atoms with Crippen molar-refractivity contribution in [2.75, 3.05) is 18.0 Å². The van der Waals surface area contributed by atoms with Gasteiger partial charge in [-0.05, 0) is 25.5 Å². The lowest BCUT2D eigenvalue weighted by Gasteiger charge is -2.22. The number of aromatic nitrogens is 1. The zero-order chi connectivity index (χ0) is 12.0. The average molecular weight is 222 g/mol. The molecule has 0 fully saturated rings. The van der Waals surface area contributed by atoms with Crippen LogP contribution in [0.25, 0.3) is 0 Å². The highest BCUT2D eigenvalue weighted by molar-refractivity contribution is 5.85. The molecule has 1 heterocycles. The molecule has 0 unspecified atom stereocenters. The number of anilines is 1. The first kappa shape index (κ1) is 12.5. The van der Waals surface area contributed by atoms with Gasteiger partial charge in [0.2, 0.25) is 0 Å². The lowest BCUT2D eigenvalue weighted by Crippen LogP contribution is -2.24. The molecule has 0 aliphatic rings. The van der Waals surface area contributed by atoms with E-state index in [4.69, 9.17) is 5.11 Å². The molecule has 0 aliphatic carbocycles. The van der Waals surface area contributed by atoms with Crippen molar-refractivity contribution >= 4 is 11.7 Å². The molecular weight excluding hydrogens is 204 g/mol. The third-order valence-electron chi connectivity index (χ3n) is 2.50. The minimum absolute atomic E-state index is 0.0929. The first-order chi connectivity index (χ1) is 7.69. The topological polar surface area (TPSA) is 53.4 Å². The maximum atomic E-state index is 10.6. The summed E-state index contributed by atoms with van der Waals surface area (Å²) in [6.45, 7) is 6.13. The number of hydrogen-bond acceptors (Lipinski definition) is 3. The first-order valence-electron chi connectivity index (χ1n) is 5.63. The molecule has 0 aromatic carbocycles. The first-order valence-corrected chi connectivity index (χ1v) is 5.63. The second-order valence-corrected chi connectivity index (χ2v) is 3.64. The maximum absolute atomic E-state index is 10.6. The van der Waals surface area contributed by atoms with Crippen molar-refractivity contribution in [3.8, 4) is 0 Å². The minimum Gasteiger partial charge on any atom is -0.477 e. The van der Waals surface area contributed by atoms with Crippen molar-refractivity contribution in [2.45, 2.75) is 26.7 Å². The van der Waals surface area contributed by atoms with Crippen LogP contribution in [0.5, 0.6) is 0 Å². The lowest BCUT2D eigenvalue weighted by molar-refractivity contribution is 0.0690. The largest absolute Gasteiger partial charge is 0.477 e. The van der Waals surface area contributed by atoms with Gasteiger partial charge < -0.3 is 10.0 Å². The van der Waals surface area contributed by atoms with Gasteiger partial charge in [-0.3, -0.25) is 0 Å². The maximum Gasteiger partial charge on any atom is 0.354 e. The summed E-state index contributed by atoms with van der Waals surface area (Å²) in [6, 6.07) is 3.36. The third kappa shape index (κ3) is 3.22. The van der Waals surface area contributed by atoms with Crippen LogP contribution in [0, 0.1) is 0 Å². The zero-order valence-electron chi connectivity index (χ0n) is 9.81. The Hall–Kier alpha value is -1.58. The van der Waals surface area contributed by atoms with Gasteiger partial charge in [-0.1, -0.05) is 13.3 Å². The second-order valence-electron chi connectivity index (χ2n) is 3.64. The quantitative estimate of drug-likeness (QED) is 0.803. The van der Waals surface area contributed by atoms with Crippen molar-refractivity contribution in [2.24, 2.45) is 0 Å². The molecule has 0 radical (unpaired) electrons. The highest BCUT2D eigenvalue weighted by atomic mass is 16.4. The Morgan fingerprint density at radius 3 is 2.62 bits per heavy atom. The van der Waals surface area contributed by atoms with Crippen molar-refractivity contribution in [3.63, 3.8) is 0 Å². The van der Waals surface area contributed by atoms with Crippen LogP contribution in [0.15, 0.2) is 18.3 Å². The highest BCUT2D eigenvalue weighted by Gasteiger charge is 2.07. The lowest BCUT2D eigenvalue weighted by atomic mass is 10.2. The predicted molar refractivity (Wildman–Crippen MR) is 64.0 cm³/mol. The van der Waals surface area contributed by atoms with Crippen molar-refractivity contribution in [1.82, 2.24) is 4.98 Å². The Labute approximate surface area is 95.9 Å². The van der Waals surface area contributed by atoms with Crippen LogP contribution in [-0.4, -0.2) is 29.1 Å². The SMILES string of the molecule is CCCCN(CC)c1ccc(C(=O)O)nc1. The van der Waals surface area contributed by atoms with Gasteiger partial charge in [0, 0.05) is 13.1 Å². The Morgan fingerprint density at radius 2 is 2.19 bits per heavy atom. The summed E-state index contributed by atoms with van der Waals surface area (Å²) in [6.07, 6.45) is 3.91. The molecule has 4 nitrogen and oxygen atoms in total. The summed E-state index contributed by atoms with van der Waals surface area (Å²) in [5, 5.41) is 8.74. The van der Waals surface area contributed by atoms with E-state index in [0.717, 1.165) is 31.6 Å². The Kier molecular flexibility index (Phi) is 4.76. The molecule has 0 amide bonds. The van der Waals surface area contributed by atoms with E-state index >= 15 is 0 Å². The fourth-order valence-electron chi connectivity index (χ4n) is 1.52. The molecule has 1 rings (SSSR count). The fraction of sp³-hybridized carbons (Fsp3) is 0.500. The molecule has 0 bridgehead atoms. The van der Waals surface area contributed by atoms with Crippen LogP contribution in [0.4, 0.5) is 5.69 Å². The summed E-state index contributed by atoms with van der Waals surface area (Å²) < 4.78 is 0. The standard InChI is InChI=1S/C12H18N2O2/c1-3-5-8-14(4-2)10-6-7-11(12(15)16)13-9-10/h6-7,9H,3-5,8H2,1-2H3,(H,15,16). The number of carbonyl (C=O) groups is 1. The molecule has 16 heavy (non-hydrogen) atoms. The highest BCUT2D eigenvalue weighted by Crippen LogP contribution is 2.13. The van der Waals surface area contributed by atoms with Crippen LogP contribution < -0.4 is 4.90 Å². The number of unbranched alkanes of at least 4 members (excludes halogenated alkanes) is 1. The zero-order valence-corrected chi connectivity index (χ0v) is 9.81. The summed E-state index contributed by atoms with van der Waals surface area (Å²) in [4.78, 5) is 16.8. The van der Waals surface area contributed by atoms with E-state index in [1.165, 1.54) is 0 Å². The van der Waals surface area contributed by atoms with Gasteiger partial charge >= 0.3 is 5.97 Å². The van der Waals surface area contributed by atoms with Gasteiger partial charge in [0.05, 0.1) is 11.9 Å². The summed E-state index contributed by atoms with van der Waals surface area (Å²) in [5.74, 6) is -0.983. The molecule has 0 spiro atoms. The fourth-order valence-corrected chi connectivity index (χ4v) is 1.52. The van der Waals surface area contributed by atoms with Gasteiger partial charge in [-0.2, -0.15) is 0 Å². The number of rotatable bonds is 6. The Morgan fingerprint density at radius 1 is 1.44 bits per heavy atom. The number of carboxylic acid groups (broad SMARTS) is 1. The molecule has 1 N–H and O–H groups in total. The summed E-state index contributed by atoms with van der Waals surface area (Å²) in [5.41, 5.74) is 1.08. The average Bonchev–Trinajstić information content (AvgIpc) is 2.30. The predicted octanol–water partition coefficient (Wildman–Crippen LogP) is 2.41. The molecule has 1 aromatic heterocycles. The molecule has 0 atom stereocenters. The van der Waals surface area contributed by atoms with Crippen molar-refractivity contribution in [1.29, 1.82) is 0 Å². The van der Waals surface area contributed by atoms with Crippen LogP contribution in [0.3, 0.4) is 0 Å². The molecule has 0 saturated carbocycles. The number of pyridine rings is 1. The smallest absolute Gasteiger partial charge is 0.354 e. The van der Waals surface area contributed by atoms with Gasteiger partial charge in [0.1, 0.15) is 5.69 Å². The van der Waals surface area contributed by atoms with Gasteiger partial charge in [0.15, 0.2) is 0 Å². The van der Waals surface area contributed by atoms with E-state index in [9.17, 15) is 4.79 Å². The Bertz CT molecular complexity index is 335. The minimum atomic E-state index is -0.983. The van der Waals surface area contributed by atoms with Crippen molar-refractivity contribution < 1.29 is 9.90 Å². The van der Waals surface area contributed by atoms with Gasteiger partial charge in [-0.25, -0.2) is 9.78 Å². The van der Waals surface area contributed by atoms with Crippen LogP contribution in [-0.2, 0) is 0 Å². The molecular formula is C12H18N2O2. The van der Waals surface area contributed by atoms with E-state index in [2.05, 4.69) is 23.7 Å². The van der Waals surface area contributed by atoms with E-state index < -0.39 is 5.97 Å². The van der Waals surface area contributed by atoms with E-state index in [0.29, 0.717) is 0 Å². The monoisotopic (exact) mass is 222 g/mol. The molecule has 88 valence electrons. The molecule has 0 aliphatic heterocycles. The summed E-state index contributed by atoms with van der Waals surface area (Å²) >= 11 is 0. The van der Waals surface area contributed by atoms with Gasteiger partial charge in [0.25, 0.3) is 0 Å². The van der Waals surface area contributed by atoms with E-state index in [-0.39, 0.29) is 5.69 Å². The number of carboxylic acids is 1. The molecule has 4 heteroatoms. The normalized spacial score (nSPS) is 10.1. The number of nitrogens with zero attached hydrogens (tertiary/aromatic N) is 2. The molecule has 0 saturated heterocycles. The van der Waals surface area contributed by atoms with Crippen molar-refractivity contribution in [3.05, 3.63) is 24.0 Å². The molecule has 1 aromatic rings. The second kappa shape index (κ2) is 6.10. The number of hydrogen-bond donors (Lipinski definition) is 1. The Balaban J connectivity index is 2.74. The van der Waals surface area contributed by atoms with Crippen LogP contribution in [0.2, 0.25) is 0 Å². The van der Waals surface area contributed by atoms with Gasteiger partial charge in [-0.15, -0.1) is 0 Å².